The van der Waals surface area contributed by atoms with Crippen LogP contribution in [0.3, 0.4) is 0 Å². The van der Waals surface area contributed by atoms with Crippen molar-refractivity contribution in [3.8, 4) is 0 Å². The van der Waals surface area contributed by atoms with Gasteiger partial charge in [0.2, 0.25) is 0 Å². The van der Waals surface area contributed by atoms with Gasteiger partial charge in [-0.05, 0) is 18.6 Å². The Balaban J connectivity index is 1.62. The zero-order valence-electron chi connectivity index (χ0n) is 8.87. The molecule has 1 aromatic rings. The Morgan fingerprint density at radius 1 is 1.53 bits per heavy atom. The van der Waals surface area contributed by atoms with Gasteiger partial charge in [-0.3, -0.25) is 0 Å². The largest absolute Gasteiger partial charge is 0.469 e. The third-order valence-electron chi connectivity index (χ3n) is 2.74. The van der Waals surface area contributed by atoms with E-state index in [-0.39, 0.29) is 5.54 Å². The van der Waals surface area contributed by atoms with Crippen LogP contribution in [-0.2, 0) is 11.2 Å². The molecule has 1 fully saturated rings. The second kappa shape index (κ2) is 4.79. The van der Waals surface area contributed by atoms with E-state index in [2.05, 4.69) is 5.32 Å². The molecule has 2 rings (SSSR count). The molecule has 3 N–H and O–H groups in total. The van der Waals surface area contributed by atoms with E-state index in [1.54, 1.807) is 6.26 Å². The fraction of sp³-hybridized carbons (Fsp3) is 0.636. The minimum absolute atomic E-state index is 0.164. The van der Waals surface area contributed by atoms with Crippen LogP contribution in [0.5, 0.6) is 0 Å². The van der Waals surface area contributed by atoms with Gasteiger partial charge in [0.05, 0.1) is 18.4 Å². The predicted octanol–water partition coefficient (Wildman–Crippen LogP) is 0.529. The van der Waals surface area contributed by atoms with Crippen molar-refractivity contribution >= 4 is 0 Å². The van der Waals surface area contributed by atoms with E-state index < -0.39 is 0 Å². The molecule has 0 aliphatic carbocycles. The molecule has 0 bridgehead atoms. The zero-order valence-corrected chi connectivity index (χ0v) is 8.87. The number of nitrogens with one attached hydrogen (secondary N) is 1. The average molecular weight is 210 g/mol. The molecule has 84 valence electrons. The lowest BCUT2D eigenvalue weighted by atomic mass is 10.0. The van der Waals surface area contributed by atoms with Gasteiger partial charge < -0.3 is 20.2 Å². The number of ether oxygens (including phenoxy) is 1. The average Bonchev–Trinajstić information content (AvgIpc) is 2.84. The van der Waals surface area contributed by atoms with E-state index >= 15 is 0 Å². The standard InChI is InChI=1S/C11H18N2O2/c12-11(4-7-14-9-11)8-13-5-3-10-2-1-6-15-10/h1-2,6,13H,3-5,7-9,12H2. The summed E-state index contributed by atoms with van der Waals surface area (Å²) in [4.78, 5) is 0. The molecular formula is C11H18N2O2. The van der Waals surface area contributed by atoms with Gasteiger partial charge in [-0.2, -0.15) is 0 Å². The lowest BCUT2D eigenvalue weighted by Crippen LogP contribution is -2.49. The summed E-state index contributed by atoms with van der Waals surface area (Å²) in [5.74, 6) is 1.01. The first-order chi connectivity index (χ1) is 7.29. The lowest BCUT2D eigenvalue weighted by molar-refractivity contribution is 0.177. The molecule has 4 heteroatoms. The summed E-state index contributed by atoms with van der Waals surface area (Å²) < 4.78 is 10.5. The predicted molar refractivity (Wildman–Crippen MR) is 57.6 cm³/mol. The van der Waals surface area contributed by atoms with Crippen molar-refractivity contribution in [1.82, 2.24) is 5.32 Å². The van der Waals surface area contributed by atoms with Crippen molar-refractivity contribution in [2.24, 2.45) is 5.73 Å². The molecule has 1 unspecified atom stereocenters. The Morgan fingerprint density at radius 3 is 3.13 bits per heavy atom. The monoisotopic (exact) mass is 210 g/mol. The highest BCUT2D eigenvalue weighted by Crippen LogP contribution is 2.13. The van der Waals surface area contributed by atoms with Crippen molar-refractivity contribution in [2.75, 3.05) is 26.3 Å². The molecule has 1 saturated heterocycles. The summed E-state index contributed by atoms with van der Waals surface area (Å²) in [5.41, 5.74) is 5.94. The van der Waals surface area contributed by atoms with Gasteiger partial charge in [0.15, 0.2) is 0 Å². The highest BCUT2D eigenvalue weighted by atomic mass is 16.5. The first kappa shape index (κ1) is 10.7. The summed E-state index contributed by atoms with van der Waals surface area (Å²) in [6, 6.07) is 3.89. The number of rotatable bonds is 5. The molecule has 15 heavy (non-hydrogen) atoms. The number of hydrogen-bond acceptors (Lipinski definition) is 4. The fourth-order valence-corrected chi connectivity index (χ4v) is 1.77. The summed E-state index contributed by atoms with van der Waals surface area (Å²) in [7, 11) is 0. The van der Waals surface area contributed by atoms with Crippen molar-refractivity contribution in [1.29, 1.82) is 0 Å². The minimum atomic E-state index is -0.164. The van der Waals surface area contributed by atoms with Gasteiger partial charge in [-0.1, -0.05) is 0 Å². The molecule has 1 aliphatic heterocycles. The van der Waals surface area contributed by atoms with Crippen LogP contribution >= 0.6 is 0 Å². The van der Waals surface area contributed by atoms with E-state index in [4.69, 9.17) is 14.9 Å². The van der Waals surface area contributed by atoms with E-state index in [9.17, 15) is 0 Å². The Kier molecular flexibility index (Phi) is 3.41. The summed E-state index contributed by atoms with van der Waals surface area (Å²) >= 11 is 0. The van der Waals surface area contributed by atoms with Gasteiger partial charge in [0.1, 0.15) is 5.76 Å². The zero-order chi connectivity index (χ0) is 10.6. The highest BCUT2D eigenvalue weighted by Gasteiger charge is 2.29. The third-order valence-corrected chi connectivity index (χ3v) is 2.74. The molecule has 0 spiro atoms. The topological polar surface area (TPSA) is 60.4 Å². The Bertz CT molecular complexity index is 279. The van der Waals surface area contributed by atoms with Crippen LogP contribution < -0.4 is 11.1 Å². The fourth-order valence-electron chi connectivity index (χ4n) is 1.77. The number of furan rings is 1. The first-order valence-electron chi connectivity index (χ1n) is 5.38. The second-order valence-corrected chi connectivity index (χ2v) is 4.17. The minimum Gasteiger partial charge on any atom is -0.469 e. The van der Waals surface area contributed by atoms with Gasteiger partial charge in [0.25, 0.3) is 0 Å². The van der Waals surface area contributed by atoms with Gasteiger partial charge in [-0.25, -0.2) is 0 Å². The van der Waals surface area contributed by atoms with Crippen molar-refractivity contribution in [3.05, 3.63) is 24.2 Å². The van der Waals surface area contributed by atoms with Crippen molar-refractivity contribution < 1.29 is 9.15 Å². The van der Waals surface area contributed by atoms with E-state index in [1.807, 2.05) is 12.1 Å². The Morgan fingerprint density at radius 2 is 2.47 bits per heavy atom. The third kappa shape index (κ3) is 3.06. The van der Waals surface area contributed by atoms with E-state index in [0.29, 0.717) is 6.61 Å². The lowest BCUT2D eigenvalue weighted by Gasteiger charge is -2.21. The molecule has 0 radical (unpaired) electrons. The molecule has 1 aromatic heterocycles. The maximum absolute atomic E-state index is 6.11. The van der Waals surface area contributed by atoms with Crippen LogP contribution in [0.1, 0.15) is 12.2 Å². The second-order valence-electron chi connectivity index (χ2n) is 4.17. The highest BCUT2D eigenvalue weighted by molar-refractivity contribution is 4.98. The van der Waals surface area contributed by atoms with Crippen molar-refractivity contribution in [3.63, 3.8) is 0 Å². The molecule has 2 heterocycles. The molecule has 0 saturated carbocycles. The maximum atomic E-state index is 6.11. The molecule has 4 nitrogen and oxygen atoms in total. The molecule has 0 aromatic carbocycles. The molecule has 0 amide bonds. The van der Waals surface area contributed by atoms with Crippen LogP contribution in [0.2, 0.25) is 0 Å². The van der Waals surface area contributed by atoms with E-state index in [1.165, 1.54) is 0 Å². The first-order valence-corrected chi connectivity index (χ1v) is 5.38. The smallest absolute Gasteiger partial charge is 0.105 e. The van der Waals surface area contributed by atoms with E-state index in [0.717, 1.165) is 38.3 Å². The maximum Gasteiger partial charge on any atom is 0.105 e. The molecular weight excluding hydrogens is 192 g/mol. The normalized spacial score (nSPS) is 25.9. The Hall–Kier alpha value is -0.840. The van der Waals surface area contributed by atoms with Crippen LogP contribution in [0.4, 0.5) is 0 Å². The summed E-state index contributed by atoms with van der Waals surface area (Å²) in [6.07, 6.45) is 3.55. The van der Waals surface area contributed by atoms with Crippen molar-refractivity contribution in [2.45, 2.75) is 18.4 Å². The van der Waals surface area contributed by atoms with Gasteiger partial charge in [-0.15, -0.1) is 0 Å². The van der Waals surface area contributed by atoms with Gasteiger partial charge >= 0.3 is 0 Å². The van der Waals surface area contributed by atoms with Gasteiger partial charge in [0, 0.05) is 26.1 Å². The molecule has 1 atom stereocenters. The van der Waals surface area contributed by atoms with Crippen LogP contribution in [-0.4, -0.2) is 31.8 Å². The van der Waals surface area contributed by atoms with Crippen LogP contribution in [0, 0.1) is 0 Å². The number of nitrogens with two attached hydrogens (primary N) is 1. The molecule has 1 aliphatic rings. The summed E-state index contributed by atoms with van der Waals surface area (Å²) in [6.45, 7) is 3.16. The SMILES string of the molecule is NC1(CNCCc2ccco2)CCOC1. The van der Waals surface area contributed by atoms with Crippen LogP contribution in [0.15, 0.2) is 22.8 Å². The number of hydrogen-bond donors (Lipinski definition) is 2. The quantitative estimate of drug-likeness (QED) is 0.696. The van der Waals surface area contributed by atoms with Crippen LogP contribution in [0.25, 0.3) is 0 Å². The summed E-state index contributed by atoms with van der Waals surface area (Å²) in [5, 5.41) is 3.34. The Labute approximate surface area is 89.8 Å².